The predicted molar refractivity (Wildman–Crippen MR) is 390 cm³/mol. The van der Waals surface area contributed by atoms with E-state index in [1.54, 1.807) is 0 Å². The van der Waals surface area contributed by atoms with Crippen LogP contribution in [0.5, 0.6) is 0 Å². The van der Waals surface area contributed by atoms with Crippen LogP contribution in [0.2, 0.25) is 0 Å². The van der Waals surface area contributed by atoms with E-state index < -0.39 is 97.5 Å². The summed E-state index contributed by atoms with van der Waals surface area (Å²) in [7, 11) is -9.95. The van der Waals surface area contributed by atoms with Crippen LogP contribution >= 0.6 is 15.6 Å². The van der Waals surface area contributed by atoms with Crippen LogP contribution in [-0.4, -0.2) is 96.7 Å². The number of rotatable bonds is 70. The molecule has 17 nitrogen and oxygen atoms in total. The van der Waals surface area contributed by atoms with Crippen LogP contribution in [0.25, 0.3) is 0 Å². The van der Waals surface area contributed by atoms with Crippen molar-refractivity contribution in [2.45, 2.75) is 329 Å². The van der Waals surface area contributed by atoms with E-state index in [-0.39, 0.29) is 25.7 Å². The van der Waals surface area contributed by atoms with Crippen molar-refractivity contribution in [1.82, 2.24) is 0 Å². The van der Waals surface area contributed by atoms with Gasteiger partial charge < -0.3 is 33.8 Å². The standard InChI is InChI=1S/C77H134O17P2/c1-5-9-13-17-21-25-29-32-34-35-37-40-43-46-50-54-58-62-75(80)87-67-72(93-76(81)63-59-55-51-47-41-28-24-20-16-12-8-4)69-91-95(83,84)89-65-71(78)66-90-96(85,86)92-70-73(94-77(82)64-60-56-52-48-44-38-31-27-23-19-15-11-7-3)68-88-74(79)61-57-53-49-45-42-39-36-33-30-26-22-18-14-10-6-2/h9-10,13-14,20-22,24-27,31-34,36,71-73,78H,5-8,11-12,15-19,23,28-30,35,37-70H2,1-4H3,(H,83,84)(H,85,86)/b13-9-,14-10-,24-20-,25-21-,26-22-,31-27-,34-32-,36-33-. The summed E-state index contributed by atoms with van der Waals surface area (Å²) in [6.07, 6.45) is 71.2. The van der Waals surface area contributed by atoms with E-state index in [0.717, 1.165) is 193 Å². The van der Waals surface area contributed by atoms with Crippen LogP contribution < -0.4 is 0 Å². The highest BCUT2D eigenvalue weighted by Crippen LogP contribution is 2.45. The van der Waals surface area contributed by atoms with E-state index in [1.165, 1.54) is 38.5 Å². The van der Waals surface area contributed by atoms with Gasteiger partial charge in [0.15, 0.2) is 12.2 Å². The zero-order valence-corrected chi connectivity index (χ0v) is 62.1. The zero-order valence-electron chi connectivity index (χ0n) is 60.3. The number of phosphoric ester groups is 2. The summed E-state index contributed by atoms with van der Waals surface area (Å²) in [5.74, 6) is -2.21. The number of ether oxygens (including phenoxy) is 4. The molecule has 5 atom stereocenters. The van der Waals surface area contributed by atoms with E-state index in [0.29, 0.717) is 25.7 Å². The van der Waals surface area contributed by atoms with Crippen LogP contribution in [0.4, 0.5) is 0 Å². The largest absolute Gasteiger partial charge is 0.472 e. The Morgan fingerprint density at radius 3 is 0.875 bits per heavy atom. The fourth-order valence-electron chi connectivity index (χ4n) is 9.81. The van der Waals surface area contributed by atoms with Crippen molar-refractivity contribution in [3.63, 3.8) is 0 Å². The molecule has 0 aromatic carbocycles. The maximum absolute atomic E-state index is 13.1. The predicted octanol–water partition coefficient (Wildman–Crippen LogP) is 21.2. The Hall–Kier alpha value is -4.02. The molecule has 0 aliphatic carbocycles. The lowest BCUT2D eigenvalue weighted by Crippen LogP contribution is -2.30. The molecule has 0 amide bonds. The maximum atomic E-state index is 13.1. The van der Waals surface area contributed by atoms with Gasteiger partial charge in [-0.2, -0.15) is 0 Å². The summed E-state index contributed by atoms with van der Waals surface area (Å²) in [5, 5.41) is 10.6. The number of phosphoric acid groups is 2. The Bertz CT molecular complexity index is 2200. The number of hydrogen-bond acceptors (Lipinski definition) is 15. The van der Waals surface area contributed by atoms with Crippen molar-refractivity contribution < 1.29 is 80.2 Å². The summed E-state index contributed by atoms with van der Waals surface area (Å²) in [6, 6.07) is 0. The van der Waals surface area contributed by atoms with Crippen molar-refractivity contribution in [2.75, 3.05) is 39.6 Å². The topological polar surface area (TPSA) is 237 Å². The molecule has 0 bridgehead atoms. The summed E-state index contributed by atoms with van der Waals surface area (Å²) in [5.41, 5.74) is 0. The van der Waals surface area contributed by atoms with E-state index in [9.17, 15) is 43.2 Å². The monoisotopic (exact) mass is 1390 g/mol. The van der Waals surface area contributed by atoms with Crippen LogP contribution in [0.15, 0.2) is 97.2 Å². The van der Waals surface area contributed by atoms with Crippen LogP contribution in [0.1, 0.15) is 310 Å². The normalized spacial score (nSPS) is 14.5. The zero-order chi connectivity index (χ0) is 70.4. The van der Waals surface area contributed by atoms with Gasteiger partial charge in [0.1, 0.15) is 19.3 Å². The lowest BCUT2D eigenvalue weighted by atomic mass is 10.1. The van der Waals surface area contributed by atoms with Gasteiger partial charge in [0, 0.05) is 25.7 Å². The lowest BCUT2D eigenvalue weighted by Gasteiger charge is -2.21. The van der Waals surface area contributed by atoms with Gasteiger partial charge >= 0.3 is 39.5 Å². The minimum Gasteiger partial charge on any atom is -0.462 e. The summed E-state index contributed by atoms with van der Waals surface area (Å²) >= 11 is 0. The number of esters is 4. The summed E-state index contributed by atoms with van der Waals surface area (Å²) < 4.78 is 68.4. The molecule has 0 spiro atoms. The van der Waals surface area contributed by atoms with Crippen molar-refractivity contribution >= 4 is 39.5 Å². The van der Waals surface area contributed by atoms with E-state index in [1.807, 2.05) is 0 Å². The van der Waals surface area contributed by atoms with E-state index in [2.05, 4.69) is 125 Å². The molecule has 0 radical (unpaired) electrons. The third kappa shape index (κ3) is 68.5. The Kier molecular flexibility index (Phi) is 66.6. The number of hydrogen-bond donors (Lipinski definition) is 3. The number of aliphatic hydroxyl groups excluding tert-OH is 1. The van der Waals surface area contributed by atoms with Gasteiger partial charge in [-0.15, -0.1) is 0 Å². The SMILES string of the molecule is CC/C=C\C/C=C\C/C=C\CCCCCCCCCC(=O)OCC(COP(=O)(O)OCC(O)COP(=O)(O)OCC(COC(=O)CCCCCCC/C=C\C/C=C\C/C=C\CC)OC(=O)CCCCCCC/C=C\CCCCCC)OC(=O)CCCCCCC/C=C\CCCC. The first-order valence-corrected chi connectivity index (χ1v) is 40.5. The van der Waals surface area contributed by atoms with Crippen molar-refractivity contribution in [2.24, 2.45) is 0 Å². The second-order valence-electron chi connectivity index (χ2n) is 24.8. The number of carbonyl (C=O) groups is 4. The molecule has 0 fully saturated rings. The van der Waals surface area contributed by atoms with Crippen molar-refractivity contribution in [1.29, 1.82) is 0 Å². The van der Waals surface area contributed by atoms with Gasteiger partial charge in [-0.25, -0.2) is 9.13 Å². The highest BCUT2D eigenvalue weighted by molar-refractivity contribution is 7.47. The summed E-state index contributed by atoms with van der Waals surface area (Å²) in [6.45, 7) is 4.56. The molecular formula is C77H134O17P2. The second kappa shape index (κ2) is 69.5. The van der Waals surface area contributed by atoms with Gasteiger partial charge in [-0.05, 0) is 135 Å². The first-order valence-electron chi connectivity index (χ1n) is 37.5. The Labute approximate surface area is 582 Å². The third-order valence-corrected chi connectivity index (χ3v) is 17.4. The number of aliphatic hydroxyl groups is 1. The molecule has 0 aliphatic heterocycles. The minimum atomic E-state index is -4.98. The highest BCUT2D eigenvalue weighted by atomic mass is 31.2. The molecule has 19 heteroatoms. The first kappa shape index (κ1) is 92.0. The fourth-order valence-corrected chi connectivity index (χ4v) is 11.4. The third-order valence-electron chi connectivity index (χ3n) is 15.5. The van der Waals surface area contributed by atoms with Gasteiger partial charge in [0.25, 0.3) is 0 Å². The Morgan fingerprint density at radius 1 is 0.302 bits per heavy atom. The van der Waals surface area contributed by atoms with Crippen LogP contribution in [0.3, 0.4) is 0 Å². The number of carbonyl (C=O) groups excluding carboxylic acids is 4. The summed E-state index contributed by atoms with van der Waals surface area (Å²) in [4.78, 5) is 72.7. The molecule has 0 aliphatic rings. The minimum absolute atomic E-state index is 0.0812. The Morgan fingerprint density at radius 2 is 0.552 bits per heavy atom. The molecule has 554 valence electrons. The smallest absolute Gasteiger partial charge is 0.462 e. The maximum Gasteiger partial charge on any atom is 0.472 e. The Balaban J connectivity index is 5.32. The molecule has 5 unspecified atom stereocenters. The van der Waals surface area contributed by atoms with E-state index >= 15 is 0 Å². The number of unbranched alkanes of at least 4 members (excludes halogenated alkanes) is 28. The quantitative estimate of drug-likeness (QED) is 0.0169. The van der Waals surface area contributed by atoms with Gasteiger partial charge in [0.05, 0.1) is 26.4 Å². The van der Waals surface area contributed by atoms with Crippen LogP contribution in [0, 0.1) is 0 Å². The number of allylic oxidation sites excluding steroid dienone is 16. The molecule has 3 N–H and O–H groups in total. The van der Waals surface area contributed by atoms with Crippen molar-refractivity contribution in [3.8, 4) is 0 Å². The first-order chi connectivity index (χ1) is 46.7. The lowest BCUT2D eigenvalue weighted by molar-refractivity contribution is -0.161. The average molecular weight is 1390 g/mol. The molecule has 0 rings (SSSR count). The molecular weight excluding hydrogens is 1260 g/mol. The molecule has 0 saturated heterocycles. The second-order valence-corrected chi connectivity index (χ2v) is 27.7. The molecule has 96 heavy (non-hydrogen) atoms. The van der Waals surface area contributed by atoms with E-state index in [4.69, 9.17) is 37.0 Å². The molecule has 0 aromatic rings. The fraction of sp³-hybridized carbons (Fsp3) is 0.740. The van der Waals surface area contributed by atoms with Gasteiger partial charge in [-0.1, -0.05) is 247 Å². The van der Waals surface area contributed by atoms with Crippen LogP contribution in [-0.2, 0) is 65.4 Å². The highest BCUT2D eigenvalue weighted by Gasteiger charge is 2.30. The van der Waals surface area contributed by atoms with Gasteiger partial charge in [-0.3, -0.25) is 37.3 Å². The molecule has 0 heterocycles. The van der Waals surface area contributed by atoms with Crippen molar-refractivity contribution in [3.05, 3.63) is 97.2 Å². The van der Waals surface area contributed by atoms with Gasteiger partial charge in [0.2, 0.25) is 0 Å². The average Bonchev–Trinajstić information content (AvgIpc) is 1.13. The molecule has 0 aromatic heterocycles. The molecule has 0 saturated carbocycles.